The van der Waals surface area contributed by atoms with E-state index in [1.165, 1.54) is 29.8 Å². The van der Waals surface area contributed by atoms with Crippen LogP contribution in [0.3, 0.4) is 0 Å². The molecule has 1 aromatic heterocycles. The van der Waals surface area contributed by atoms with Gasteiger partial charge in [-0.2, -0.15) is 5.10 Å². The summed E-state index contributed by atoms with van der Waals surface area (Å²) in [5.41, 5.74) is 4.55. The van der Waals surface area contributed by atoms with Crippen molar-refractivity contribution in [1.82, 2.24) is 15.1 Å². The summed E-state index contributed by atoms with van der Waals surface area (Å²) in [5.74, 6) is 2.04. The van der Waals surface area contributed by atoms with Gasteiger partial charge >= 0.3 is 0 Å². The summed E-state index contributed by atoms with van der Waals surface area (Å²) >= 11 is 6.37. The molecule has 0 spiro atoms. The molecule has 1 N–H and O–H groups in total. The first-order chi connectivity index (χ1) is 13.2. The Morgan fingerprint density at radius 1 is 1.19 bits per heavy atom. The number of amides is 1. The van der Waals surface area contributed by atoms with Crippen molar-refractivity contribution in [3.8, 4) is 11.5 Å². The predicted octanol–water partition coefficient (Wildman–Crippen LogP) is 2.88. The molecular formula is C20H22ClN3O3. The number of ether oxygens (including phenoxy) is 2. The average Bonchev–Trinajstić information content (AvgIpc) is 3.47. The average molecular weight is 388 g/mol. The van der Waals surface area contributed by atoms with E-state index in [2.05, 4.69) is 10.2 Å². The normalized spacial score (nSPS) is 18.8. The number of fused-ring (bicyclic) bond motifs is 2. The van der Waals surface area contributed by atoms with Crippen LogP contribution in [0, 0.1) is 0 Å². The minimum absolute atomic E-state index is 0.0969. The number of aromatic nitrogens is 2. The maximum absolute atomic E-state index is 12.9. The number of nitrogens with one attached hydrogen (secondary N) is 1. The van der Waals surface area contributed by atoms with Crippen LogP contribution in [0.1, 0.15) is 41.3 Å². The van der Waals surface area contributed by atoms with Gasteiger partial charge in [0, 0.05) is 42.2 Å². The molecule has 7 heteroatoms. The third kappa shape index (κ3) is 3.27. The molecule has 0 atom stereocenters. The van der Waals surface area contributed by atoms with Gasteiger partial charge in [-0.1, -0.05) is 11.6 Å². The van der Waals surface area contributed by atoms with E-state index in [1.54, 1.807) is 6.07 Å². The van der Waals surface area contributed by atoms with Crippen LogP contribution in [0.2, 0.25) is 5.02 Å². The van der Waals surface area contributed by atoms with Crippen LogP contribution in [-0.4, -0.2) is 47.3 Å². The second kappa shape index (κ2) is 6.75. The van der Waals surface area contributed by atoms with Crippen molar-refractivity contribution in [3.05, 3.63) is 39.7 Å². The number of H-pyrrole nitrogens is 1. The molecule has 142 valence electrons. The van der Waals surface area contributed by atoms with Crippen LogP contribution in [0.4, 0.5) is 0 Å². The molecule has 1 aliphatic carbocycles. The molecule has 1 fully saturated rings. The van der Waals surface area contributed by atoms with Gasteiger partial charge in [-0.05, 0) is 36.5 Å². The Morgan fingerprint density at radius 3 is 2.70 bits per heavy atom. The first kappa shape index (κ1) is 16.9. The number of carbonyl (C=O) groups is 1. The Balaban J connectivity index is 1.29. The molecule has 3 aliphatic rings. The minimum atomic E-state index is 0.0969. The Hall–Kier alpha value is -2.21. The standard InChI is InChI=1S/C20H22ClN3O3/c21-15-11-18-17(26-7-8-27-18)9-13(15)10-19(25)24-5-3-14-16(4-6-24)22-23-20(14)12-1-2-12/h9,11-12H,1-8,10H2,(H,22,23). The van der Waals surface area contributed by atoms with Crippen molar-refractivity contribution >= 4 is 17.5 Å². The van der Waals surface area contributed by atoms with Crippen molar-refractivity contribution in [2.24, 2.45) is 0 Å². The van der Waals surface area contributed by atoms with Crippen LogP contribution in [0.15, 0.2) is 12.1 Å². The van der Waals surface area contributed by atoms with E-state index in [4.69, 9.17) is 21.1 Å². The van der Waals surface area contributed by atoms with Gasteiger partial charge in [-0.25, -0.2) is 0 Å². The first-order valence-corrected chi connectivity index (χ1v) is 9.98. The van der Waals surface area contributed by atoms with Crippen molar-refractivity contribution in [2.75, 3.05) is 26.3 Å². The quantitative estimate of drug-likeness (QED) is 0.879. The number of benzene rings is 1. The van der Waals surface area contributed by atoms with Crippen LogP contribution >= 0.6 is 11.6 Å². The maximum atomic E-state index is 12.9. The molecule has 0 unspecified atom stereocenters. The lowest BCUT2D eigenvalue weighted by Gasteiger charge is -2.22. The van der Waals surface area contributed by atoms with E-state index in [-0.39, 0.29) is 12.3 Å². The highest BCUT2D eigenvalue weighted by Crippen LogP contribution is 2.42. The third-order valence-electron chi connectivity index (χ3n) is 5.62. The van der Waals surface area contributed by atoms with E-state index >= 15 is 0 Å². The zero-order valence-electron chi connectivity index (χ0n) is 15.1. The summed E-state index contributed by atoms with van der Waals surface area (Å²) in [6.45, 7) is 2.48. The number of hydrogen-bond acceptors (Lipinski definition) is 4. The molecule has 1 amide bonds. The zero-order chi connectivity index (χ0) is 18.4. The van der Waals surface area contributed by atoms with Crippen molar-refractivity contribution in [3.63, 3.8) is 0 Å². The van der Waals surface area contributed by atoms with Crippen molar-refractivity contribution < 1.29 is 14.3 Å². The van der Waals surface area contributed by atoms with Crippen LogP contribution in [0.25, 0.3) is 0 Å². The van der Waals surface area contributed by atoms with E-state index in [1.807, 2.05) is 11.0 Å². The summed E-state index contributed by atoms with van der Waals surface area (Å²) in [7, 11) is 0. The van der Waals surface area contributed by atoms with E-state index < -0.39 is 0 Å². The highest BCUT2D eigenvalue weighted by atomic mass is 35.5. The number of carbonyl (C=O) groups excluding carboxylic acids is 1. The SMILES string of the molecule is O=C(Cc1cc2c(cc1Cl)OCCO2)N1CCc2[nH]nc(C3CC3)c2CC1. The fourth-order valence-electron chi connectivity index (χ4n) is 3.97. The third-order valence-corrected chi connectivity index (χ3v) is 5.97. The van der Waals surface area contributed by atoms with Crippen LogP contribution < -0.4 is 9.47 Å². The van der Waals surface area contributed by atoms with Gasteiger partial charge in [-0.15, -0.1) is 0 Å². The monoisotopic (exact) mass is 387 g/mol. The Kier molecular flexibility index (Phi) is 4.23. The van der Waals surface area contributed by atoms with E-state index in [9.17, 15) is 4.79 Å². The highest BCUT2D eigenvalue weighted by Gasteiger charge is 2.31. The molecule has 2 aromatic rings. The van der Waals surface area contributed by atoms with Gasteiger partial charge < -0.3 is 14.4 Å². The Bertz CT molecular complexity index is 891. The summed E-state index contributed by atoms with van der Waals surface area (Å²) in [5, 5.41) is 8.27. The Labute approximate surface area is 162 Å². The van der Waals surface area contributed by atoms with Gasteiger partial charge in [0.1, 0.15) is 13.2 Å². The highest BCUT2D eigenvalue weighted by molar-refractivity contribution is 6.31. The maximum Gasteiger partial charge on any atom is 0.227 e. The van der Waals surface area contributed by atoms with E-state index in [0.29, 0.717) is 42.2 Å². The second-order valence-corrected chi connectivity index (χ2v) is 7.89. The number of halogens is 1. The predicted molar refractivity (Wildman–Crippen MR) is 101 cm³/mol. The van der Waals surface area contributed by atoms with Crippen molar-refractivity contribution in [2.45, 2.75) is 38.0 Å². The van der Waals surface area contributed by atoms with Gasteiger partial charge in [0.2, 0.25) is 5.91 Å². The summed E-state index contributed by atoms with van der Waals surface area (Å²) in [4.78, 5) is 14.9. The number of rotatable bonds is 3. The molecule has 1 aromatic carbocycles. The molecule has 27 heavy (non-hydrogen) atoms. The van der Waals surface area contributed by atoms with Crippen LogP contribution in [-0.2, 0) is 24.1 Å². The number of aromatic amines is 1. The topological polar surface area (TPSA) is 67.5 Å². The van der Waals surface area contributed by atoms with Gasteiger partial charge in [0.05, 0.1) is 12.1 Å². The molecule has 1 saturated carbocycles. The fraction of sp³-hybridized carbons (Fsp3) is 0.500. The summed E-state index contributed by atoms with van der Waals surface area (Å²) in [6, 6.07) is 3.59. The molecule has 0 radical (unpaired) electrons. The second-order valence-electron chi connectivity index (χ2n) is 7.49. The lowest BCUT2D eigenvalue weighted by atomic mass is 10.1. The fourth-order valence-corrected chi connectivity index (χ4v) is 4.19. The molecule has 0 bridgehead atoms. The minimum Gasteiger partial charge on any atom is -0.486 e. The smallest absolute Gasteiger partial charge is 0.227 e. The summed E-state index contributed by atoms with van der Waals surface area (Å²) in [6.07, 6.45) is 4.45. The molecule has 0 saturated heterocycles. The van der Waals surface area contributed by atoms with Gasteiger partial charge in [-0.3, -0.25) is 9.89 Å². The summed E-state index contributed by atoms with van der Waals surface area (Å²) < 4.78 is 11.2. The Morgan fingerprint density at radius 2 is 1.93 bits per heavy atom. The zero-order valence-corrected chi connectivity index (χ0v) is 15.8. The van der Waals surface area contributed by atoms with Gasteiger partial charge in [0.25, 0.3) is 0 Å². The molecular weight excluding hydrogens is 366 g/mol. The van der Waals surface area contributed by atoms with Crippen molar-refractivity contribution in [1.29, 1.82) is 0 Å². The van der Waals surface area contributed by atoms with Crippen LogP contribution in [0.5, 0.6) is 11.5 Å². The number of nitrogens with zero attached hydrogens (tertiary/aromatic N) is 2. The molecule has 3 heterocycles. The lowest BCUT2D eigenvalue weighted by molar-refractivity contribution is -0.130. The molecule has 2 aliphatic heterocycles. The molecule has 6 nitrogen and oxygen atoms in total. The van der Waals surface area contributed by atoms with E-state index in [0.717, 1.165) is 24.9 Å². The lowest BCUT2D eigenvalue weighted by Crippen LogP contribution is -2.34. The first-order valence-electron chi connectivity index (χ1n) is 9.61. The number of hydrogen-bond donors (Lipinski definition) is 1. The van der Waals surface area contributed by atoms with Gasteiger partial charge in [0.15, 0.2) is 11.5 Å². The molecule has 5 rings (SSSR count). The largest absolute Gasteiger partial charge is 0.486 e.